The molecular weight excluding hydrogens is 314 g/mol. The lowest BCUT2D eigenvalue weighted by molar-refractivity contribution is 0.177. The van der Waals surface area contributed by atoms with Gasteiger partial charge in [-0.15, -0.1) is 11.3 Å². The van der Waals surface area contributed by atoms with Crippen LogP contribution in [0.25, 0.3) is 0 Å². The Balaban J connectivity index is 2.13. The Hall–Kier alpha value is -0.910. The van der Waals surface area contributed by atoms with E-state index in [9.17, 15) is 5.11 Å². The van der Waals surface area contributed by atoms with E-state index < -0.39 is 6.10 Å². The van der Waals surface area contributed by atoms with E-state index in [0.717, 1.165) is 26.5 Å². The third-order valence-electron chi connectivity index (χ3n) is 2.63. The second kappa shape index (κ2) is 5.82. The topological polar surface area (TPSA) is 42.4 Å². The summed E-state index contributed by atoms with van der Waals surface area (Å²) < 4.78 is 6.01. The van der Waals surface area contributed by atoms with Crippen LogP contribution in [-0.2, 0) is 6.42 Å². The fourth-order valence-electron chi connectivity index (χ4n) is 1.71. The molecule has 1 aromatic carbocycles. The molecule has 0 saturated carbocycles. The van der Waals surface area contributed by atoms with E-state index >= 15 is 0 Å². The molecule has 2 aromatic rings. The van der Waals surface area contributed by atoms with E-state index in [1.54, 1.807) is 18.4 Å². The Morgan fingerprint density at radius 2 is 2.28 bits per heavy atom. The standard InChI is InChI=1S/C13H14BrNO2S/c1-8-15-10(7-18-8)6-12(16)9-3-4-13(17-2)11(14)5-9/h3-5,7,12,16H,6H2,1-2H3. The molecule has 1 atom stereocenters. The zero-order valence-electron chi connectivity index (χ0n) is 10.2. The first-order chi connectivity index (χ1) is 8.60. The van der Waals surface area contributed by atoms with Gasteiger partial charge in [-0.25, -0.2) is 4.98 Å². The molecule has 0 saturated heterocycles. The largest absolute Gasteiger partial charge is 0.496 e. The minimum Gasteiger partial charge on any atom is -0.496 e. The van der Waals surface area contributed by atoms with Crippen LogP contribution in [0, 0.1) is 6.92 Å². The third-order valence-corrected chi connectivity index (χ3v) is 4.07. The highest BCUT2D eigenvalue weighted by molar-refractivity contribution is 9.10. The van der Waals surface area contributed by atoms with Crippen LogP contribution in [0.3, 0.4) is 0 Å². The molecular formula is C13H14BrNO2S. The van der Waals surface area contributed by atoms with Gasteiger partial charge in [0, 0.05) is 11.8 Å². The van der Waals surface area contributed by atoms with Crippen molar-refractivity contribution in [1.29, 1.82) is 0 Å². The number of nitrogens with zero attached hydrogens (tertiary/aromatic N) is 1. The summed E-state index contributed by atoms with van der Waals surface area (Å²) in [6.07, 6.45) is -0.0166. The SMILES string of the molecule is COc1ccc(C(O)Cc2csc(C)n2)cc1Br. The maximum absolute atomic E-state index is 10.2. The quantitative estimate of drug-likeness (QED) is 0.934. The Kier molecular flexibility index (Phi) is 4.37. The Bertz CT molecular complexity index is 542. The van der Waals surface area contributed by atoms with Gasteiger partial charge in [0.25, 0.3) is 0 Å². The van der Waals surface area contributed by atoms with Crippen LogP contribution >= 0.6 is 27.3 Å². The van der Waals surface area contributed by atoms with Gasteiger partial charge in [-0.1, -0.05) is 6.07 Å². The fraction of sp³-hybridized carbons (Fsp3) is 0.308. The number of ether oxygens (including phenoxy) is 1. The number of hydrogen-bond donors (Lipinski definition) is 1. The van der Waals surface area contributed by atoms with Crippen molar-refractivity contribution >= 4 is 27.3 Å². The van der Waals surface area contributed by atoms with Crippen LogP contribution in [-0.4, -0.2) is 17.2 Å². The van der Waals surface area contributed by atoms with Gasteiger partial charge in [0.15, 0.2) is 0 Å². The van der Waals surface area contributed by atoms with Crippen molar-refractivity contribution in [2.45, 2.75) is 19.4 Å². The number of aromatic nitrogens is 1. The molecule has 0 aliphatic carbocycles. The highest BCUT2D eigenvalue weighted by Crippen LogP contribution is 2.29. The molecule has 5 heteroatoms. The smallest absolute Gasteiger partial charge is 0.133 e. The first-order valence-corrected chi connectivity index (χ1v) is 7.20. The number of rotatable bonds is 4. The first kappa shape index (κ1) is 13.5. The Labute approximate surface area is 119 Å². The normalized spacial score (nSPS) is 12.4. The van der Waals surface area contributed by atoms with Gasteiger partial charge in [0.05, 0.1) is 28.4 Å². The summed E-state index contributed by atoms with van der Waals surface area (Å²) in [5.74, 6) is 0.760. The highest BCUT2D eigenvalue weighted by atomic mass is 79.9. The van der Waals surface area contributed by atoms with Crippen LogP contribution in [0.15, 0.2) is 28.1 Å². The summed E-state index contributed by atoms with van der Waals surface area (Å²) in [5, 5.41) is 13.2. The molecule has 3 nitrogen and oxygen atoms in total. The predicted molar refractivity (Wildman–Crippen MR) is 76.2 cm³/mol. The van der Waals surface area contributed by atoms with E-state index in [0.29, 0.717) is 6.42 Å². The molecule has 1 aromatic heterocycles. The van der Waals surface area contributed by atoms with Crippen LogP contribution in [0.1, 0.15) is 22.4 Å². The molecule has 1 unspecified atom stereocenters. The Morgan fingerprint density at radius 1 is 1.50 bits per heavy atom. The summed E-state index contributed by atoms with van der Waals surface area (Å²) >= 11 is 5.01. The molecule has 0 amide bonds. The van der Waals surface area contributed by atoms with E-state index in [2.05, 4.69) is 20.9 Å². The van der Waals surface area contributed by atoms with Crippen LogP contribution in [0.4, 0.5) is 0 Å². The minimum atomic E-state index is -0.547. The van der Waals surface area contributed by atoms with Crippen molar-refractivity contribution in [2.24, 2.45) is 0 Å². The molecule has 0 radical (unpaired) electrons. The number of methoxy groups -OCH3 is 1. The molecule has 0 spiro atoms. The number of aliphatic hydroxyl groups excluding tert-OH is 1. The number of benzene rings is 1. The van der Waals surface area contributed by atoms with Crippen LogP contribution < -0.4 is 4.74 Å². The number of hydrogen-bond acceptors (Lipinski definition) is 4. The van der Waals surface area contributed by atoms with Gasteiger partial charge >= 0.3 is 0 Å². The van der Waals surface area contributed by atoms with Crippen molar-refractivity contribution in [3.05, 3.63) is 44.3 Å². The molecule has 0 bridgehead atoms. The van der Waals surface area contributed by atoms with Gasteiger partial charge in [0.2, 0.25) is 0 Å². The molecule has 2 rings (SSSR count). The van der Waals surface area contributed by atoms with E-state index in [1.165, 1.54) is 0 Å². The second-order valence-corrected chi connectivity index (χ2v) is 5.89. The summed E-state index contributed by atoms with van der Waals surface area (Å²) in [4.78, 5) is 4.35. The average Bonchev–Trinajstić information content (AvgIpc) is 2.74. The third kappa shape index (κ3) is 3.10. The van der Waals surface area contributed by atoms with Gasteiger partial charge < -0.3 is 9.84 Å². The van der Waals surface area contributed by atoms with Crippen molar-refractivity contribution < 1.29 is 9.84 Å². The van der Waals surface area contributed by atoms with E-state index in [-0.39, 0.29) is 0 Å². The summed E-state index contributed by atoms with van der Waals surface area (Å²) in [6, 6.07) is 5.59. The molecule has 0 aliphatic heterocycles. The molecule has 1 N–H and O–H groups in total. The van der Waals surface area contributed by atoms with E-state index in [1.807, 2.05) is 30.5 Å². The lowest BCUT2D eigenvalue weighted by Gasteiger charge is -2.11. The van der Waals surface area contributed by atoms with Gasteiger partial charge in [-0.3, -0.25) is 0 Å². The predicted octanol–water partition coefficient (Wildman–Crippen LogP) is 3.50. The second-order valence-electron chi connectivity index (χ2n) is 3.97. The van der Waals surface area contributed by atoms with Gasteiger partial charge in [-0.05, 0) is 40.5 Å². The Morgan fingerprint density at radius 3 is 2.83 bits per heavy atom. The lowest BCUT2D eigenvalue weighted by atomic mass is 10.1. The minimum absolute atomic E-state index is 0.531. The maximum atomic E-state index is 10.2. The van der Waals surface area contributed by atoms with Crippen molar-refractivity contribution in [3.63, 3.8) is 0 Å². The zero-order valence-corrected chi connectivity index (χ0v) is 12.6. The zero-order chi connectivity index (χ0) is 13.1. The maximum Gasteiger partial charge on any atom is 0.133 e. The fourth-order valence-corrected chi connectivity index (χ4v) is 2.89. The molecule has 18 heavy (non-hydrogen) atoms. The molecule has 0 aliphatic rings. The highest BCUT2D eigenvalue weighted by Gasteiger charge is 2.12. The van der Waals surface area contributed by atoms with Crippen molar-refractivity contribution in [2.75, 3.05) is 7.11 Å². The molecule has 1 heterocycles. The summed E-state index contributed by atoms with van der Waals surface area (Å²) in [5.41, 5.74) is 1.78. The molecule has 96 valence electrons. The average molecular weight is 328 g/mol. The molecule has 0 fully saturated rings. The monoisotopic (exact) mass is 327 g/mol. The van der Waals surface area contributed by atoms with Gasteiger partial charge in [0.1, 0.15) is 5.75 Å². The number of halogens is 1. The van der Waals surface area contributed by atoms with Crippen LogP contribution in [0.2, 0.25) is 0 Å². The number of thiazole rings is 1. The van der Waals surface area contributed by atoms with Gasteiger partial charge in [-0.2, -0.15) is 0 Å². The number of aliphatic hydroxyl groups is 1. The van der Waals surface area contributed by atoms with Crippen LogP contribution in [0.5, 0.6) is 5.75 Å². The lowest BCUT2D eigenvalue weighted by Crippen LogP contribution is -2.02. The first-order valence-electron chi connectivity index (χ1n) is 5.52. The van der Waals surface area contributed by atoms with Crippen molar-refractivity contribution in [1.82, 2.24) is 4.98 Å². The summed E-state index contributed by atoms with van der Waals surface area (Å²) in [7, 11) is 1.62. The number of aryl methyl sites for hydroxylation is 1. The van der Waals surface area contributed by atoms with Crippen molar-refractivity contribution in [3.8, 4) is 5.75 Å². The van der Waals surface area contributed by atoms with E-state index in [4.69, 9.17) is 4.74 Å². The summed E-state index contributed by atoms with van der Waals surface area (Å²) in [6.45, 7) is 1.96.